The summed E-state index contributed by atoms with van der Waals surface area (Å²) in [5.41, 5.74) is 0.963. The lowest BCUT2D eigenvalue weighted by Crippen LogP contribution is -2.34. The fraction of sp³-hybridized carbons (Fsp3) is 0.409. The van der Waals surface area contributed by atoms with E-state index in [9.17, 15) is 15.0 Å². The zero-order chi connectivity index (χ0) is 21.2. The minimum absolute atomic E-state index is 0.00776. The first-order chi connectivity index (χ1) is 13.9. The van der Waals surface area contributed by atoms with Crippen molar-refractivity contribution in [3.05, 3.63) is 48.0 Å². The van der Waals surface area contributed by atoms with Crippen molar-refractivity contribution in [1.29, 1.82) is 0 Å². The lowest BCUT2D eigenvalue weighted by Gasteiger charge is -2.19. The molecule has 0 heterocycles. The Morgan fingerprint density at radius 3 is 2.55 bits per heavy atom. The molecule has 158 valence electrons. The van der Waals surface area contributed by atoms with Gasteiger partial charge in [0.2, 0.25) is 0 Å². The molecule has 1 atom stereocenters. The summed E-state index contributed by atoms with van der Waals surface area (Å²) in [6.07, 6.45) is 2.00. The molecule has 0 aliphatic rings. The Hall–Kier alpha value is -2.93. The van der Waals surface area contributed by atoms with Crippen LogP contribution < -0.4 is 20.1 Å². The molecule has 0 aliphatic carbocycles. The molecular formula is C22H30N2O5. The average Bonchev–Trinajstić information content (AvgIpc) is 2.70. The number of rotatable bonds is 10. The Kier molecular flexibility index (Phi) is 8.61. The number of phenolic OH excluding ortho intramolecular Hbond substituents is 1. The van der Waals surface area contributed by atoms with Crippen molar-refractivity contribution in [1.82, 2.24) is 5.32 Å². The van der Waals surface area contributed by atoms with Crippen LogP contribution in [0.2, 0.25) is 0 Å². The molecule has 0 bridgehead atoms. The number of carbonyl (C=O) groups excluding carboxylic acids is 1. The fourth-order valence-electron chi connectivity index (χ4n) is 2.87. The third-order valence-corrected chi connectivity index (χ3v) is 4.40. The fourth-order valence-corrected chi connectivity index (χ4v) is 2.87. The molecule has 1 unspecified atom stereocenters. The molecule has 0 fully saturated rings. The summed E-state index contributed by atoms with van der Waals surface area (Å²) in [7, 11) is 1.56. The number of urea groups is 1. The number of nitrogens with one attached hydrogen (secondary N) is 2. The van der Waals surface area contributed by atoms with Gasteiger partial charge in [0.05, 0.1) is 26.4 Å². The van der Waals surface area contributed by atoms with Gasteiger partial charge < -0.3 is 30.3 Å². The minimum Gasteiger partial charge on any atom is -0.508 e. The van der Waals surface area contributed by atoms with Gasteiger partial charge >= 0.3 is 6.03 Å². The molecule has 4 N–H and O–H groups in total. The van der Waals surface area contributed by atoms with E-state index in [4.69, 9.17) is 9.47 Å². The quantitative estimate of drug-likeness (QED) is 0.449. The third kappa shape index (κ3) is 6.87. The number of amides is 2. The maximum atomic E-state index is 12.4. The van der Waals surface area contributed by atoms with E-state index in [1.807, 2.05) is 0 Å². The first-order valence-electron chi connectivity index (χ1n) is 9.71. The average molecular weight is 402 g/mol. The molecule has 2 rings (SSSR count). The van der Waals surface area contributed by atoms with Gasteiger partial charge in [0.25, 0.3) is 0 Å². The molecular weight excluding hydrogens is 372 g/mol. The number of aliphatic hydroxyl groups excluding tert-OH is 1. The summed E-state index contributed by atoms with van der Waals surface area (Å²) >= 11 is 0. The van der Waals surface area contributed by atoms with Crippen LogP contribution in [0.15, 0.2) is 42.5 Å². The van der Waals surface area contributed by atoms with Gasteiger partial charge in [-0.05, 0) is 37.0 Å². The SMILES string of the molecule is COc1ccc(NC(=O)NC(CO)c2ccccc2O)cc1OCCCC(C)C. The number of aliphatic hydroxyl groups is 1. The number of ether oxygens (including phenoxy) is 2. The standard InChI is InChI=1S/C22H30N2O5/c1-15(2)7-6-12-29-21-13-16(10-11-20(21)28-3)23-22(27)24-18(14-25)17-8-4-5-9-19(17)26/h4-5,8-11,13,15,18,25-26H,6-7,12,14H2,1-3H3,(H2,23,24,27). The van der Waals surface area contributed by atoms with E-state index in [2.05, 4.69) is 24.5 Å². The highest BCUT2D eigenvalue weighted by atomic mass is 16.5. The number of hydrogen-bond donors (Lipinski definition) is 4. The maximum Gasteiger partial charge on any atom is 0.319 e. The Morgan fingerprint density at radius 2 is 1.90 bits per heavy atom. The number of anilines is 1. The molecule has 7 nitrogen and oxygen atoms in total. The van der Waals surface area contributed by atoms with Crippen molar-refractivity contribution in [2.24, 2.45) is 5.92 Å². The first kappa shape index (κ1) is 22.4. The Labute approximate surface area is 171 Å². The summed E-state index contributed by atoms with van der Waals surface area (Å²) in [6.45, 7) is 4.54. The van der Waals surface area contributed by atoms with E-state index < -0.39 is 12.1 Å². The summed E-state index contributed by atoms with van der Waals surface area (Å²) in [5, 5.41) is 24.9. The van der Waals surface area contributed by atoms with E-state index in [1.165, 1.54) is 6.07 Å². The van der Waals surface area contributed by atoms with Crippen molar-refractivity contribution in [2.45, 2.75) is 32.7 Å². The number of carbonyl (C=O) groups is 1. The highest BCUT2D eigenvalue weighted by Crippen LogP contribution is 2.30. The van der Waals surface area contributed by atoms with Gasteiger partial charge in [-0.1, -0.05) is 32.0 Å². The molecule has 2 amide bonds. The summed E-state index contributed by atoms with van der Waals surface area (Å²) < 4.78 is 11.1. The zero-order valence-electron chi connectivity index (χ0n) is 17.1. The lowest BCUT2D eigenvalue weighted by atomic mass is 10.1. The van der Waals surface area contributed by atoms with Crippen LogP contribution in [0.3, 0.4) is 0 Å². The summed E-state index contributed by atoms with van der Waals surface area (Å²) in [5.74, 6) is 1.76. The van der Waals surface area contributed by atoms with Crippen LogP contribution in [-0.2, 0) is 0 Å². The zero-order valence-corrected chi connectivity index (χ0v) is 17.1. The monoisotopic (exact) mass is 402 g/mol. The summed E-state index contributed by atoms with van der Waals surface area (Å²) in [4.78, 5) is 12.4. The molecule has 29 heavy (non-hydrogen) atoms. The first-order valence-corrected chi connectivity index (χ1v) is 9.71. The van der Waals surface area contributed by atoms with Crippen LogP contribution in [-0.4, -0.2) is 36.6 Å². The van der Waals surface area contributed by atoms with E-state index in [1.54, 1.807) is 43.5 Å². The molecule has 2 aromatic carbocycles. The largest absolute Gasteiger partial charge is 0.508 e. The van der Waals surface area contributed by atoms with E-state index in [-0.39, 0.29) is 12.4 Å². The third-order valence-electron chi connectivity index (χ3n) is 4.40. The Morgan fingerprint density at radius 1 is 1.14 bits per heavy atom. The highest BCUT2D eigenvalue weighted by Gasteiger charge is 2.17. The van der Waals surface area contributed by atoms with Crippen LogP contribution in [0.5, 0.6) is 17.2 Å². The molecule has 0 radical (unpaired) electrons. The molecule has 2 aromatic rings. The second kappa shape index (κ2) is 11.2. The smallest absolute Gasteiger partial charge is 0.319 e. The molecule has 7 heteroatoms. The topological polar surface area (TPSA) is 100 Å². The van der Waals surface area contributed by atoms with Crippen molar-refractivity contribution in [3.63, 3.8) is 0 Å². The minimum atomic E-state index is -0.735. The molecule has 0 aliphatic heterocycles. The molecule has 0 saturated heterocycles. The van der Waals surface area contributed by atoms with Crippen molar-refractivity contribution < 1.29 is 24.5 Å². The van der Waals surface area contributed by atoms with Crippen LogP contribution in [0.1, 0.15) is 38.3 Å². The highest BCUT2D eigenvalue weighted by molar-refractivity contribution is 5.90. The predicted octanol–water partition coefficient (Wildman–Crippen LogP) is 4.07. The molecule has 0 saturated carbocycles. The van der Waals surface area contributed by atoms with Crippen LogP contribution >= 0.6 is 0 Å². The van der Waals surface area contributed by atoms with Gasteiger partial charge in [-0.2, -0.15) is 0 Å². The number of methoxy groups -OCH3 is 1. The van der Waals surface area contributed by atoms with Crippen LogP contribution in [0, 0.1) is 5.92 Å². The van der Waals surface area contributed by atoms with Gasteiger partial charge in [0.15, 0.2) is 11.5 Å². The van der Waals surface area contributed by atoms with Crippen molar-refractivity contribution >= 4 is 11.7 Å². The Balaban J connectivity index is 2.01. The van der Waals surface area contributed by atoms with Crippen LogP contribution in [0.25, 0.3) is 0 Å². The molecule has 0 aromatic heterocycles. The van der Waals surface area contributed by atoms with Crippen LogP contribution in [0.4, 0.5) is 10.5 Å². The predicted molar refractivity (Wildman–Crippen MR) is 113 cm³/mol. The van der Waals surface area contributed by atoms with Crippen molar-refractivity contribution in [2.75, 3.05) is 25.6 Å². The lowest BCUT2D eigenvalue weighted by molar-refractivity contribution is 0.224. The van der Waals surface area contributed by atoms with Gasteiger partial charge in [-0.25, -0.2) is 4.79 Å². The van der Waals surface area contributed by atoms with Gasteiger partial charge in [-0.3, -0.25) is 0 Å². The number of benzene rings is 2. The normalized spacial score (nSPS) is 11.8. The van der Waals surface area contributed by atoms with E-state index >= 15 is 0 Å². The number of aromatic hydroxyl groups is 1. The second-order valence-electron chi connectivity index (χ2n) is 7.14. The van der Waals surface area contributed by atoms with Gasteiger partial charge in [0.1, 0.15) is 5.75 Å². The van der Waals surface area contributed by atoms with Gasteiger partial charge in [-0.15, -0.1) is 0 Å². The van der Waals surface area contributed by atoms with E-state index in [0.29, 0.717) is 35.3 Å². The van der Waals surface area contributed by atoms with Gasteiger partial charge in [0, 0.05) is 17.3 Å². The Bertz CT molecular complexity index is 795. The number of phenols is 1. The number of para-hydroxylation sites is 1. The maximum absolute atomic E-state index is 12.4. The van der Waals surface area contributed by atoms with Crippen molar-refractivity contribution in [3.8, 4) is 17.2 Å². The number of hydrogen-bond acceptors (Lipinski definition) is 5. The van der Waals surface area contributed by atoms with E-state index in [0.717, 1.165) is 12.8 Å². The second-order valence-corrected chi connectivity index (χ2v) is 7.14. The molecule has 0 spiro atoms. The summed E-state index contributed by atoms with van der Waals surface area (Å²) in [6, 6.07) is 10.4.